The van der Waals surface area contributed by atoms with Gasteiger partial charge in [-0.15, -0.1) is 0 Å². The summed E-state index contributed by atoms with van der Waals surface area (Å²) in [6, 6.07) is 4.85. The first-order chi connectivity index (χ1) is 7.54. The molecule has 1 aromatic rings. The summed E-state index contributed by atoms with van der Waals surface area (Å²) in [7, 11) is 0. The number of halogens is 1. The Morgan fingerprint density at radius 1 is 1.44 bits per heavy atom. The van der Waals surface area contributed by atoms with Gasteiger partial charge in [0.05, 0.1) is 23.3 Å². The van der Waals surface area contributed by atoms with Crippen LogP contribution in [0.1, 0.15) is 31.1 Å². The van der Waals surface area contributed by atoms with E-state index < -0.39 is 0 Å². The maximum Gasteiger partial charge on any atom is 0.338 e. The molecular weight excluding hydrogens is 228 g/mol. The number of carbonyl (C=O) groups excluding carboxylic acids is 1. The predicted octanol–water partition coefficient (Wildman–Crippen LogP) is 3.30. The van der Waals surface area contributed by atoms with Gasteiger partial charge in [0, 0.05) is 0 Å². The van der Waals surface area contributed by atoms with Gasteiger partial charge in [-0.2, -0.15) is 0 Å². The predicted molar refractivity (Wildman–Crippen MR) is 63.2 cm³/mol. The second-order valence-electron chi connectivity index (χ2n) is 3.53. The summed E-state index contributed by atoms with van der Waals surface area (Å²) >= 11 is 5.94. The molecule has 0 bridgehead atoms. The van der Waals surface area contributed by atoms with Gasteiger partial charge in [-0.05, 0) is 39.0 Å². The lowest BCUT2D eigenvalue weighted by atomic mass is 10.2. The molecule has 0 atom stereocenters. The highest BCUT2D eigenvalue weighted by molar-refractivity contribution is 6.32. The molecule has 0 saturated heterocycles. The fourth-order valence-electron chi connectivity index (χ4n) is 1.19. The summed E-state index contributed by atoms with van der Waals surface area (Å²) in [5, 5.41) is 0.488. The Hall–Kier alpha value is -1.22. The lowest BCUT2D eigenvalue weighted by Crippen LogP contribution is -2.08. The molecule has 0 saturated carbocycles. The molecule has 1 aromatic carbocycles. The first kappa shape index (κ1) is 12.8. The summed E-state index contributed by atoms with van der Waals surface area (Å²) in [5.41, 5.74) is 0.446. The summed E-state index contributed by atoms with van der Waals surface area (Å²) in [5.74, 6) is 0.134. The number of esters is 1. The number of ether oxygens (including phenoxy) is 2. The molecule has 1 rings (SSSR count). The Morgan fingerprint density at radius 2 is 2.12 bits per heavy atom. The topological polar surface area (TPSA) is 35.5 Å². The van der Waals surface area contributed by atoms with Crippen LogP contribution in [0.5, 0.6) is 5.75 Å². The minimum Gasteiger partial charge on any atom is -0.489 e. The van der Waals surface area contributed by atoms with E-state index in [9.17, 15) is 4.79 Å². The molecule has 4 heteroatoms. The molecule has 88 valence electrons. The molecule has 0 unspecified atom stereocenters. The highest BCUT2D eigenvalue weighted by Gasteiger charge is 2.11. The van der Waals surface area contributed by atoms with Gasteiger partial charge in [-0.25, -0.2) is 4.79 Å². The van der Waals surface area contributed by atoms with E-state index in [0.29, 0.717) is 22.9 Å². The van der Waals surface area contributed by atoms with E-state index in [2.05, 4.69) is 0 Å². The van der Waals surface area contributed by atoms with Crippen molar-refractivity contribution in [1.29, 1.82) is 0 Å². The number of carbonyl (C=O) groups is 1. The monoisotopic (exact) mass is 242 g/mol. The van der Waals surface area contributed by atoms with Crippen molar-refractivity contribution in [2.75, 3.05) is 6.61 Å². The lowest BCUT2D eigenvalue weighted by Gasteiger charge is -2.12. The molecule has 0 aliphatic carbocycles. The van der Waals surface area contributed by atoms with E-state index >= 15 is 0 Å². The maximum absolute atomic E-state index is 11.5. The summed E-state index contributed by atoms with van der Waals surface area (Å²) in [6.07, 6.45) is 0.00921. The zero-order valence-electron chi connectivity index (χ0n) is 9.62. The third kappa shape index (κ3) is 3.42. The largest absolute Gasteiger partial charge is 0.489 e. The van der Waals surface area contributed by atoms with Gasteiger partial charge in [0.25, 0.3) is 0 Å². The molecule has 0 aromatic heterocycles. The number of rotatable bonds is 4. The SMILES string of the molecule is CCOC(=O)c1ccc(Cl)c(OC(C)C)c1. The third-order valence-electron chi connectivity index (χ3n) is 1.81. The van der Waals surface area contributed by atoms with Crippen molar-refractivity contribution in [3.8, 4) is 5.75 Å². The summed E-state index contributed by atoms with van der Waals surface area (Å²) in [6.45, 7) is 5.90. The van der Waals surface area contributed by atoms with Gasteiger partial charge in [0.2, 0.25) is 0 Å². The Labute approximate surface area is 100 Å². The van der Waals surface area contributed by atoms with Gasteiger partial charge < -0.3 is 9.47 Å². The number of benzene rings is 1. The van der Waals surface area contributed by atoms with Crippen LogP contribution >= 0.6 is 11.6 Å². The number of hydrogen-bond donors (Lipinski definition) is 0. The molecule has 0 fully saturated rings. The van der Waals surface area contributed by atoms with E-state index in [1.165, 1.54) is 0 Å². The van der Waals surface area contributed by atoms with Gasteiger partial charge in [-0.3, -0.25) is 0 Å². The van der Waals surface area contributed by atoms with Crippen molar-refractivity contribution in [3.05, 3.63) is 28.8 Å². The first-order valence-electron chi connectivity index (χ1n) is 5.18. The van der Waals surface area contributed by atoms with Crippen molar-refractivity contribution in [2.24, 2.45) is 0 Å². The Kier molecular flexibility index (Phi) is 4.62. The number of hydrogen-bond acceptors (Lipinski definition) is 3. The highest BCUT2D eigenvalue weighted by atomic mass is 35.5. The smallest absolute Gasteiger partial charge is 0.338 e. The van der Waals surface area contributed by atoms with Gasteiger partial charge in [0.1, 0.15) is 5.75 Å². The maximum atomic E-state index is 11.5. The van der Waals surface area contributed by atoms with Crippen LogP contribution < -0.4 is 4.74 Å². The standard InChI is InChI=1S/C12H15ClO3/c1-4-15-12(14)9-5-6-10(13)11(7-9)16-8(2)3/h5-8H,4H2,1-3H3. The summed E-state index contributed by atoms with van der Waals surface area (Å²) < 4.78 is 10.4. The van der Waals surface area contributed by atoms with Crippen LogP contribution in [0.2, 0.25) is 5.02 Å². The van der Waals surface area contributed by atoms with Gasteiger partial charge >= 0.3 is 5.97 Å². The quantitative estimate of drug-likeness (QED) is 0.760. The van der Waals surface area contributed by atoms with Crippen molar-refractivity contribution < 1.29 is 14.3 Å². The molecule has 0 N–H and O–H groups in total. The van der Waals surface area contributed by atoms with Crippen LogP contribution in [0.4, 0.5) is 0 Å². The van der Waals surface area contributed by atoms with Crippen LogP contribution in [0.15, 0.2) is 18.2 Å². The molecule has 0 spiro atoms. The van der Waals surface area contributed by atoms with Gasteiger partial charge in [0.15, 0.2) is 0 Å². The fraction of sp³-hybridized carbons (Fsp3) is 0.417. The first-order valence-corrected chi connectivity index (χ1v) is 5.55. The molecule has 0 amide bonds. The Morgan fingerprint density at radius 3 is 2.69 bits per heavy atom. The highest BCUT2D eigenvalue weighted by Crippen LogP contribution is 2.26. The van der Waals surface area contributed by atoms with E-state index in [1.807, 2.05) is 13.8 Å². The van der Waals surface area contributed by atoms with Crippen molar-refractivity contribution in [2.45, 2.75) is 26.9 Å². The van der Waals surface area contributed by atoms with E-state index in [4.69, 9.17) is 21.1 Å². The minimum atomic E-state index is -0.368. The molecule has 3 nitrogen and oxygen atoms in total. The average Bonchev–Trinajstić information content (AvgIpc) is 2.21. The average molecular weight is 243 g/mol. The van der Waals surface area contributed by atoms with Crippen LogP contribution in [0.3, 0.4) is 0 Å². The van der Waals surface area contributed by atoms with Crippen molar-refractivity contribution in [3.63, 3.8) is 0 Å². The lowest BCUT2D eigenvalue weighted by molar-refractivity contribution is 0.0525. The molecule has 0 aliphatic heterocycles. The fourth-order valence-corrected chi connectivity index (χ4v) is 1.35. The van der Waals surface area contributed by atoms with E-state index in [-0.39, 0.29) is 12.1 Å². The van der Waals surface area contributed by atoms with Crippen LogP contribution in [-0.4, -0.2) is 18.7 Å². The Balaban J connectivity index is 2.93. The molecule has 0 radical (unpaired) electrons. The minimum absolute atomic E-state index is 0.00921. The van der Waals surface area contributed by atoms with Gasteiger partial charge in [-0.1, -0.05) is 11.6 Å². The molecular formula is C12H15ClO3. The van der Waals surface area contributed by atoms with Crippen molar-refractivity contribution in [1.82, 2.24) is 0 Å². The van der Waals surface area contributed by atoms with Crippen LogP contribution in [0, 0.1) is 0 Å². The Bertz CT molecular complexity index is 375. The van der Waals surface area contributed by atoms with E-state index in [0.717, 1.165) is 0 Å². The third-order valence-corrected chi connectivity index (χ3v) is 2.12. The normalized spacial score (nSPS) is 10.3. The van der Waals surface area contributed by atoms with E-state index in [1.54, 1.807) is 25.1 Å². The molecule has 0 aliphatic rings. The summed E-state index contributed by atoms with van der Waals surface area (Å²) in [4.78, 5) is 11.5. The second kappa shape index (κ2) is 5.75. The zero-order chi connectivity index (χ0) is 12.1. The van der Waals surface area contributed by atoms with Crippen LogP contribution in [0.25, 0.3) is 0 Å². The van der Waals surface area contributed by atoms with Crippen molar-refractivity contribution >= 4 is 17.6 Å². The van der Waals surface area contributed by atoms with Crippen LogP contribution in [-0.2, 0) is 4.74 Å². The zero-order valence-corrected chi connectivity index (χ0v) is 10.4. The molecule has 0 heterocycles. The molecule has 16 heavy (non-hydrogen) atoms. The second-order valence-corrected chi connectivity index (χ2v) is 3.94.